The van der Waals surface area contributed by atoms with E-state index in [4.69, 9.17) is 27.9 Å². The number of nitrogens with zero attached hydrogens (tertiary/aromatic N) is 3. The van der Waals surface area contributed by atoms with Gasteiger partial charge < -0.3 is 4.74 Å². The Balaban J connectivity index is 2.05. The van der Waals surface area contributed by atoms with Crippen LogP contribution in [0.3, 0.4) is 0 Å². The largest absolute Gasteiger partial charge is 0.463 e. The van der Waals surface area contributed by atoms with E-state index in [-0.39, 0.29) is 16.6 Å². The maximum atomic E-state index is 5.70. The van der Waals surface area contributed by atoms with Crippen LogP contribution in [0.25, 0.3) is 0 Å². The van der Waals surface area contributed by atoms with E-state index in [1.807, 2.05) is 0 Å². The van der Waals surface area contributed by atoms with E-state index in [0.29, 0.717) is 12.5 Å². The molecule has 0 amide bonds. The van der Waals surface area contributed by atoms with E-state index in [0.717, 1.165) is 6.42 Å². The van der Waals surface area contributed by atoms with Gasteiger partial charge in [-0.05, 0) is 35.5 Å². The van der Waals surface area contributed by atoms with Crippen molar-refractivity contribution < 1.29 is 4.74 Å². The van der Waals surface area contributed by atoms with Crippen molar-refractivity contribution >= 4 is 23.2 Å². The van der Waals surface area contributed by atoms with Crippen LogP contribution in [-0.2, 0) is 0 Å². The van der Waals surface area contributed by atoms with Crippen LogP contribution < -0.4 is 4.74 Å². The highest BCUT2D eigenvalue weighted by molar-refractivity contribution is 6.31. The Kier molecular flexibility index (Phi) is 10.5. The first-order valence-electron chi connectivity index (χ1n) is 8.31. The molecule has 22 heavy (non-hydrogen) atoms. The third kappa shape index (κ3) is 9.42. The smallest absolute Gasteiger partial charge is 0.322 e. The van der Waals surface area contributed by atoms with Crippen molar-refractivity contribution in [1.29, 1.82) is 0 Å². The zero-order valence-corrected chi connectivity index (χ0v) is 15.2. The predicted molar refractivity (Wildman–Crippen MR) is 91.7 cm³/mol. The Labute approximate surface area is 144 Å². The first kappa shape index (κ1) is 19.4. The average molecular weight is 348 g/mol. The van der Waals surface area contributed by atoms with Crippen molar-refractivity contribution in [3.63, 3.8) is 0 Å². The van der Waals surface area contributed by atoms with Gasteiger partial charge in [0, 0.05) is 0 Å². The van der Waals surface area contributed by atoms with Crippen LogP contribution in [0.4, 0.5) is 0 Å². The van der Waals surface area contributed by atoms with Crippen LogP contribution >= 0.6 is 23.2 Å². The number of unbranched alkanes of at least 4 members (excludes halogenated alkanes) is 7. The highest BCUT2D eigenvalue weighted by Crippen LogP contribution is 2.15. The van der Waals surface area contributed by atoms with E-state index >= 15 is 0 Å². The van der Waals surface area contributed by atoms with Gasteiger partial charge in [0.05, 0.1) is 6.61 Å². The molecule has 0 aliphatic rings. The summed E-state index contributed by atoms with van der Waals surface area (Å²) in [6.07, 6.45) is 11.9. The van der Waals surface area contributed by atoms with Crippen LogP contribution in [0.2, 0.25) is 10.6 Å². The molecule has 0 N–H and O–H groups in total. The van der Waals surface area contributed by atoms with Crippen molar-refractivity contribution in [2.75, 3.05) is 6.61 Å². The third-order valence-corrected chi connectivity index (χ3v) is 3.95. The second-order valence-corrected chi connectivity index (χ2v) is 6.51. The monoisotopic (exact) mass is 347 g/mol. The van der Waals surface area contributed by atoms with E-state index in [1.54, 1.807) is 0 Å². The van der Waals surface area contributed by atoms with Gasteiger partial charge in [0.2, 0.25) is 10.6 Å². The Hall–Kier alpha value is -0.610. The van der Waals surface area contributed by atoms with E-state index in [9.17, 15) is 0 Å². The maximum Gasteiger partial charge on any atom is 0.322 e. The van der Waals surface area contributed by atoms with Gasteiger partial charge in [0.1, 0.15) is 0 Å². The van der Waals surface area contributed by atoms with Crippen molar-refractivity contribution in [2.24, 2.45) is 5.92 Å². The minimum atomic E-state index is 0.0609. The lowest BCUT2D eigenvalue weighted by Crippen LogP contribution is -2.10. The molecule has 0 radical (unpaired) electrons. The van der Waals surface area contributed by atoms with Gasteiger partial charge in [-0.25, -0.2) is 0 Å². The summed E-state index contributed by atoms with van der Waals surface area (Å²) in [5.41, 5.74) is 0. The van der Waals surface area contributed by atoms with Crippen LogP contribution in [0.1, 0.15) is 71.6 Å². The molecule has 1 aromatic rings. The summed E-state index contributed by atoms with van der Waals surface area (Å²) in [5, 5.41) is 0.122. The lowest BCUT2D eigenvalue weighted by Gasteiger charge is -2.11. The molecule has 0 saturated carbocycles. The lowest BCUT2D eigenvalue weighted by molar-refractivity contribution is 0.231. The van der Waals surface area contributed by atoms with Gasteiger partial charge in [-0.1, -0.05) is 65.2 Å². The normalized spacial score (nSPS) is 12.4. The topological polar surface area (TPSA) is 47.9 Å². The molecule has 0 bridgehead atoms. The summed E-state index contributed by atoms with van der Waals surface area (Å²) in [6, 6.07) is 0.202. The molecule has 6 heteroatoms. The molecule has 0 saturated heterocycles. The Morgan fingerprint density at radius 1 is 0.864 bits per heavy atom. The summed E-state index contributed by atoms with van der Waals surface area (Å²) in [6.45, 7) is 5.00. The van der Waals surface area contributed by atoms with Crippen molar-refractivity contribution in [2.45, 2.75) is 71.6 Å². The van der Waals surface area contributed by atoms with Gasteiger partial charge in [-0.2, -0.15) is 15.0 Å². The third-order valence-electron chi connectivity index (χ3n) is 3.61. The molecular formula is C16H27Cl2N3O. The highest BCUT2D eigenvalue weighted by atomic mass is 35.5. The SMILES string of the molecule is CCCCCCCCCCC(C)COc1nc(Cl)nc(Cl)n1. The van der Waals surface area contributed by atoms with E-state index < -0.39 is 0 Å². The molecule has 1 atom stereocenters. The van der Waals surface area contributed by atoms with Gasteiger partial charge in [-0.3, -0.25) is 0 Å². The molecule has 1 unspecified atom stereocenters. The van der Waals surface area contributed by atoms with Crippen LogP contribution in [0, 0.1) is 5.92 Å². The highest BCUT2D eigenvalue weighted by Gasteiger charge is 2.07. The quantitative estimate of drug-likeness (QED) is 0.453. The zero-order chi connectivity index (χ0) is 16.2. The van der Waals surface area contributed by atoms with Crippen LogP contribution in [-0.4, -0.2) is 21.6 Å². The minimum Gasteiger partial charge on any atom is -0.463 e. The Morgan fingerprint density at radius 3 is 2.00 bits per heavy atom. The number of hydrogen-bond acceptors (Lipinski definition) is 4. The molecule has 0 aromatic carbocycles. The van der Waals surface area contributed by atoms with Crippen molar-refractivity contribution in [3.05, 3.63) is 10.6 Å². The van der Waals surface area contributed by atoms with Gasteiger partial charge >= 0.3 is 6.01 Å². The molecule has 0 aliphatic heterocycles. The summed E-state index contributed by atoms with van der Waals surface area (Å²) in [7, 11) is 0. The number of aromatic nitrogens is 3. The average Bonchev–Trinajstić information content (AvgIpc) is 2.47. The van der Waals surface area contributed by atoms with E-state index in [2.05, 4.69) is 28.8 Å². The first-order valence-corrected chi connectivity index (χ1v) is 9.07. The number of halogens is 2. The summed E-state index contributed by atoms with van der Waals surface area (Å²) in [5.74, 6) is 0.467. The fraction of sp³-hybridized carbons (Fsp3) is 0.812. The summed E-state index contributed by atoms with van der Waals surface area (Å²) >= 11 is 11.4. The fourth-order valence-electron chi connectivity index (χ4n) is 2.30. The minimum absolute atomic E-state index is 0.0609. The Morgan fingerprint density at radius 2 is 1.41 bits per heavy atom. The fourth-order valence-corrected chi connectivity index (χ4v) is 2.65. The molecule has 0 fully saturated rings. The van der Waals surface area contributed by atoms with E-state index in [1.165, 1.54) is 51.4 Å². The standard InChI is InChI=1S/C16H27Cl2N3O/c1-3-4-5-6-7-8-9-10-11-13(2)12-22-16-20-14(17)19-15(18)21-16/h13H,3-12H2,1-2H3. The summed E-state index contributed by atoms with van der Waals surface area (Å²) < 4.78 is 5.52. The van der Waals surface area contributed by atoms with Crippen molar-refractivity contribution in [3.8, 4) is 6.01 Å². The van der Waals surface area contributed by atoms with Crippen LogP contribution in [0.5, 0.6) is 6.01 Å². The second kappa shape index (κ2) is 11.9. The molecule has 1 aromatic heterocycles. The number of ether oxygens (including phenoxy) is 1. The van der Waals surface area contributed by atoms with Crippen LogP contribution in [0.15, 0.2) is 0 Å². The zero-order valence-electron chi connectivity index (χ0n) is 13.7. The maximum absolute atomic E-state index is 5.70. The van der Waals surface area contributed by atoms with Gasteiger partial charge in [0.15, 0.2) is 0 Å². The number of hydrogen-bond donors (Lipinski definition) is 0. The molecule has 1 rings (SSSR count). The molecular weight excluding hydrogens is 321 g/mol. The second-order valence-electron chi connectivity index (χ2n) is 5.84. The molecule has 0 aliphatic carbocycles. The number of rotatable bonds is 12. The molecule has 0 spiro atoms. The van der Waals surface area contributed by atoms with Gasteiger partial charge in [0.25, 0.3) is 0 Å². The summed E-state index contributed by atoms with van der Waals surface area (Å²) in [4.78, 5) is 11.5. The first-order chi connectivity index (χ1) is 10.6. The lowest BCUT2D eigenvalue weighted by atomic mass is 10.0. The predicted octanol–water partition coefficient (Wildman–Crippen LogP) is 5.72. The van der Waals surface area contributed by atoms with Crippen molar-refractivity contribution in [1.82, 2.24) is 15.0 Å². The molecule has 1 heterocycles. The Bertz CT molecular complexity index is 398. The molecule has 4 nitrogen and oxygen atoms in total. The van der Waals surface area contributed by atoms with Gasteiger partial charge in [-0.15, -0.1) is 0 Å². The molecule has 126 valence electrons.